The fourth-order valence-electron chi connectivity index (χ4n) is 4.66. The maximum atomic E-state index is 13.1. The Hall–Kier alpha value is -2.96. The van der Waals surface area contributed by atoms with Crippen LogP contribution in [0, 0.1) is 17.8 Å². The molecule has 0 aromatic heterocycles. The molecule has 34 heavy (non-hydrogen) atoms. The first kappa shape index (κ1) is 25.7. The van der Waals surface area contributed by atoms with E-state index in [-0.39, 0.29) is 23.6 Å². The van der Waals surface area contributed by atoms with Gasteiger partial charge in [0.15, 0.2) is 6.61 Å². The largest absolute Gasteiger partial charge is 0.454 e. The Morgan fingerprint density at radius 2 is 1.59 bits per heavy atom. The van der Waals surface area contributed by atoms with E-state index < -0.39 is 36.0 Å². The zero-order valence-corrected chi connectivity index (χ0v) is 20.8. The molecule has 1 saturated heterocycles. The number of esters is 1. The predicted molar refractivity (Wildman–Crippen MR) is 128 cm³/mol. The van der Waals surface area contributed by atoms with E-state index >= 15 is 0 Å². The molecule has 7 heteroatoms. The molecule has 184 valence electrons. The van der Waals surface area contributed by atoms with Crippen LogP contribution in [0.3, 0.4) is 0 Å². The van der Waals surface area contributed by atoms with Gasteiger partial charge in [0, 0.05) is 12.1 Å². The standard InChI is InChI=1S/C27H36N2O5/c1-18(2)15-22(29-24(31)20-13-9-10-14-21(20)25(29)32)26(33)34-17-23(30)28(27(3,4)5)16-19-11-7-6-8-12-19/h6-12,18,20-22H,13-17H2,1-5H3. The normalized spacial score (nSPS) is 20.9. The van der Waals surface area contributed by atoms with Gasteiger partial charge in [-0.05, 0) is 51.5 Å². The summed E-state index contributed by atoms with van der Waals surface area (Å²) in [5.41, 5.74) is 0.486. The Kier molecular flexibility index (Phi) is 7.95. The fourth-order valence-corrected chi connectivity index (χ4v) is 4.66. The molecule has 1 heterocycles. The first-order valence-electron chi connectivity index (χ1n) is 12.0. The number of rotatable bonds is 8. The molecule has 1 aliphatic heterocycles. The van der Waals surface area contributed by atoms with Crippen molar-refractivity contribution in [3.05, 3.63) is 48.0 Å². The van der Waals surface area contributed by atoms with Gasteiger partial charge in [-0.3, -0.25) is 19.3 Å². The van der Waals surface area contributed by atoms with Gasteiger partial charge in [0.05, 0.1) is 11.8 Å². The van der Waals surface area contributed by atoms with Crippen molar-refractivity contribution in [1.29, 1.82) is 0 Å². The number of benzene rings is 1. The topological polar surface area (TPSA) is 84.0 Å². The van der Waals surface area contributed by atoms with Crippen LogP contribution < -0.4 is 0 Å². The summed E-state index contributed by atoms with van der Waals surface area (Å²) in [7, 11) is 0. The molecular formula is C27H36N2O5. The number of carbonyl (C=O) groups excluding carboxylic acids is 4. The van der Waals surface area contributed by atoms with Crippen LogP contribution in [0.2, 0.25) is 0 Å². The van der Waals surface area contributed by atoms with Crippen LogP contribution in [0.15, 0.2) is 42.5 Å². The predicted octanol–water partition coefficient (Wildman–Crippen LogP) is 3.72. The zero-order valence-electron chi connectivity index (χ0n) is 20.8. The second-order valence-corrected chi connectivity index (χ2v) is 10.6. The molecule has 0 radical (unpaired) electrons. The lowest BCUT2D eigenvalue weighted by Gasteiger charge is -2.36. The molecule has 1 aromatic rings. The van der Waals surface area contributed by atoms with E-state index in [4.69, 9.17) is 4.74 Å². The third-order valence-electron chi connectivity index (χ3n) is 6.45. The minimum absolute atomic E-state index is 0.0544. The molecule has 3 amide bonds. The Balaban J connectivity index is 1.72. The van der Waals surface area contributed by atoms with Crippen LogP contribution in [-0.4, -0.2) is 51.7 Å². The third-order valence-corrected chi connectivity index (χ3v) is 6.45. The van der Waals surface area contributed by atoms with Crippen LogP contribution in [-0.2, 0) is 30.5 Å². The molecule has 0 spiro atoms. The summed E-state index contributed by atoms with van der Waals surface area (Å²) in [6.45, 7) is 9.56. The molecular weight excluding hydrogens is 432 g/mol. The van der Waals surface area contributed by atoms with E-state index in [1.807, 2.05) is 77.1 Å². The zero-order chi connectivity index (χ0) is 25.0. The number of imide groups is 1. The number of fused-ring (bicyclic) bond motifs is 1. The highest BCUT2D eigenvalue weighted by Gasteiger charge is 2.51. The molecule has 3 atom stereocenters. The lowest BCUT2D eigenvalue weighted by molar-refractivity contribution is -0.163. The van der Waals surface area contributed by atoms with Gasteiger partial charge < -0.3 is 9.64 Å². The van der Waals surface area contributed by atoms with Gasteiger partial charge >= 0.3 is 5.97 Å². The average molecular weight is 469 g/mol. The number of hydrogen-bond acceptors (Lipinski definition) is 5. The summed E-state index contributed by atoms with van der Waals surface area (Å²) >= 11 is 0. The molecule has 1 aliphatic carbocycles. The second kappa shape index (κ2) is 10.5. The van der Waals surface area contributed by atoms with E-state index in [9.17, 15) is 19.2 Å². The SMILES string of the molecule is CC(C)CC(C(=O)OCC(=O)N(Cc1ccccc1)C(C)(C)C)N1C(=O)C2CC=CCC2C1=O. The number of ether oxygens (including phenoxy) is 1. The number of hydrogen-bond donors (Lipinski definition) is 0. The third kappa shape index (κ3) is 5.75. The van der Waals surface area contributed by atoms with Gasteiger partial charge in [-0.2, -0.15) is 0 Å². The molecule has 0 saturated carbocycles. The van der Waals surface area contributed by atoms with Gasteiger partial charge in [-0.25, -0.2) is 4.79 Å². The summed E-state index contributed by atoms with van der Waals surface area (Å²) in [6, 6.07) is 8.60. The molecule has 1 fully saturated rings. The summed E-state index contributed by atoms with van der Waals surface area (Å²) < 4.78 is 5.45. The number of likely N-dealkylation sites (tertiary alicyclic amines) is 1. The summed E-state index contributed by atoms with van der Waals surface area (Å²) in [5, 5.41) is 0. The van der Waals surface area contributed by atoms with Gasteiger partial charge in [0.1, 0.15) is 6.04 Å². The van der Waals surface area contributed by atoms with E-state index in [2.05, 4.69) is 0 Å². The van der Waals surface area contributed by atoms with Crippen LogP contribution in [0.4, 0.5) is 0 Å². The van der Waals surface area contributed by atoms with Crippen molar-refractivity contribution in [3.8, 4) is 0 Å². The number of carbonyl (C=O) groups is 4. The monoisotopic (exact) mass is 468 g/mol. The van der Waals surface area contributed by atoms with Crippen LogP contribution in [0.5, 0.6) is 0 Å². The number of nitrogens with zero attached hydrogens (tertiary/aromatic N) is 2. The van der Waals surface area contributed by atoms with E-state index in [1.165, 1.54) is 0 Å². The van der Waals surface area contributed by atoms with Crippen molar-refractivity contribution in [2.75, 3.05) is 6.61 Å². The Bertz CT molecular complexity index is 922. The van der Waals surface area contributed by atoms with Crippen LogP contribution >= 0.6 is 0 Å². The van der Waals surface area contributed by atoms with Crippen molar-refractivity contribution >= 4 is 23.7 Å². The summed E-state index contributed by atoms with van der Waals surface area (Å²) in [5.74, 6) is -2.43. The highest BCUT2D eigenvalue weighted by molar-refractivity contribution is 6.08. The molecule has 2 aliphatic rings. The highest BCUT2D eigenvalue weighted by Crippen LogP contribution is 2.37. The Morgan fingerprint density at radius 1 is 1.03 bits per heavy atom. The lowest BCUT2D eigenvalue weighted by atomic mass is 9.85. The molecule has 0 bridgehead atoms. The first-order chi connectivity index (χ1) is 16.0. The number of allylic oxidation sites excluding steroid dienone is 2. The van der Waals surface area contributed by atoms with Crippen LogP contribution in [0.1, 0.15) is 59.4 Å². The van der Waals surface area contributed by atoms with Gasteiger partial charge in [-0.15, -0.1) is 0 Å². The van der Waals surface area contributed by atoms with Crippen molar-refractivity contribution in [2.24, 2.45) is 17.8 Å². The van der Waals surface area contributed by atoms with Crippen molar-refractivity contribution < 1.29 is 23.9 Å². The molecule has 7 nitrogen and oxygen atoms in total. The van der Waals surface area contributed by atoms with Gasteiger partial charge in [-0.1, -0.05) is 56.3 Å². The average Bonchev–Trinajstić information content (AvgIpc) is 3.04. The van der Waals surface area contributed by atoms with Gasteiger partial charge in [0.2, 0.25) is 11.8 Å². The Labute approximate surface area is 202 Å². The molecule has 3 unspecified atom stereocenters. The Morgan fingerprint density at radius 3 is 2.09 bits per heavy atom. The maximum absolute atomic E-state index is 13.1. The minimum Gasteiger partial charge on any atom is -0.454 e. The smallest absolute Gasteiger partial charge is 0.329 e. The van der Waals surface area contributed by atoms with Crippen molar-refractivity contribution in [1.82, 2.24) is 9.80 Å². The first-order valence-corrected chi connectivity index (χ1v) is 12.0. The minimum atomic E-state index is -1.02. The quantitative estimate of drug-likeness (QED) is 0.330. The maximum Gasteiger partial charge on any atom is 0.329 e. The molecule has 1 aromatic carbocycles. The molecule has 0 N–H and O–H groups in total. The van der Waals surface area contributed by atoms with E-state index in [0.717, 1.165) is 10.5 Å². The van der Waals surface area contributed by atoms with E-state index in [1.54, 1.807) is 4.90 Å². The van der Waals surface area contributed by atoms with E-state index in [0.29, 0.717) is 25.8 Å². The van der Waals surface area contributed by atoms with Gasteiger partial charge in [0.25, 0.3) is 5.91 Å². The second-order valence-electron chi connectivity index (χ2n) is 10.6. The number of amides is 3. The van der Waals surface area contributed by atoms with Crippen molar-refractivity contribution in [2.45, 2.75) is 72.0 Å². The van der Waals surface area contributed by atoms with Crippen LogP contribution in [0.25, 0.3) is 0 Å². The highest BCUT2D eigenvalue weighted by atomic mass is 16.5. The fraction of sp³-hybridized carbons (Fsp3) is 0.556. The molecule has 3 rings (SSSR count). The summed E-state index contributed by atoms with van der Waals surface area (Å²) in [6.07, 6.45) is 5.14. The van der Waals surface area contributed by atoms with Crippen molar-refractivity contribution in [3.63, 3.8) is 0 Å². The summed E-state index contributed by atoms with van der Waals surface area (Å²) in [4.78, 5) is 55.1. The lowest BCUT2D eigenvalue weighted by Crippen LogP contribution is -2.49.